The van der Waals surface area contributed by atoms with Gasteiger partial charge in [-0.25, -0.2) is 4.98 Å². The van der Waals surface area contributed by atoms with E-state index in [1.165, 1.54) is 11.1 Å². The first kappa shape index (κ1) is 10.8. The first-order valence-corrected chi connectivity index (χ1v) is 6.00. The number of rotatable bonds is 2. The number of nitrogens with one attached hydrogen (secondary N) is 1. The molecule has 0 unspecified atom stereocenters. The van der Waals surface area contributed by atoms with Crippen LogP contribution in [0.5, 0.6) is 0 Å². The number of imidazole rings is 1. The molecule has 3 aromatic rings. The highest BCUT2D eigenvalue weighted by atomic mass is 14.9. The van der Waals surface area contributed by atoms with E-state index in [1.807, 2.05) is 24.4 Å². The Morgan fingerprint density at radius 2 is 1.67 bits per heavy atom. The van der Waals surface area contributed by atoms with Gasteiger partial charge in [-0.05, 0) is 18.6 Å². The summed E-state index contributed by atoms with van der Waals surface area (Å²) in [6, 6.07) is 18.6. The average Bonchev–Trinajstić information content (AvgIpc) is 2.89. The first-order chi connectivity index (χ1) is 8.83. The van der Waals surface area contributed by atoms with Crippen LogP contribution >= 0.6 is 0 Å². The summed E-state index contributed by atoms with van der Waals surface area (Å²) >= 11 is 0. The van der Waals surface area contributed by atoms with Gasteiger partial charge < -0.3 is 4.98 Å². The zero-order chi connectivity index (χ0) is 12.4. The third kappa shape index (κ3) is 2.05. The Morgan fingerprint density at radius 1 is 0.889 bits per heavy atom. The van der Waals surface area contributed by atoms with E-state index in [0.29, 0.717) is 0 Å². The van der Waals surface area contributed by atoms with Gasteiger partial charge in [0.15, 0.2) is 0 Å². The van der Waals surface area contributed by atoms with Crippen LogP contribution < -0.4 is 0 Å². The minimum atomic E-state index is 0.909. The summed E-state index contributed by atoms with van der Waals surface area (Å²) in [6.07, 6.45) is 1.89. The van der Waals surface area contributed by atoms with Gasteiger partial charge >= 0.3 is 0 Å². The van der Waals surface area contributed by atoms with Crippen LogP contribution in [0, 0.1) is 6.92 Å². The van der Waals surface area contributed by atoms with E-state index >= 15 is 0 Å². The summed E-state index contributed by atoms with van der Waals surface area (Å²) in [5.41, 5.74) is 4.59. The van der Waals surface area contributed by atoms with Crippen LogP contribution in [0.2, 0.25) is 0 Å². The molecule has 1 aromatic heterocycles. The van der Waals surface area contributed by atoms with Crippen LogP contribution in [0.1, 0.15) is 5.56 Å². The van der Waals surface area contributed by atoms with Crippen LogP contribution in [0.3, 0.4) is 0 Å². The number of nitrogens with zero attached hydrogens (tertiary/aromatic N) is 1. The first-order valence-electron chi connectivity index (χ1n) is 6.00. The molecular weight excluding hydrogens is 220 g/mol. The predicted octanol–water partition coefficient (Wildman–Crippen LogP) is 4.05. The summed E-state index contributed by atoms with van der Waals surface area (Å²) in [7, 11) is 0. The van der Waals surface area contributed by atoms with E-state index in [2.05, 4.69) is 53.3 Å². The fourth-order valence-electron chi connectivity index (χ4n) is 2.02. The lowest BCUT2D eigenvalue weighted by Gasteiger charge is -1.99. The van der Waals surface area contributed by atoms with Gasteiger partial charge in [0.1, 0.15) is 5.82 Å². The lowest BCUT2D eigenvalue weighted by Crippen LogP contribution is -1.81. The molecule has 0 aliphatic rings. The highest BCUT2D eigenvalue weighted by Crippen LogP contribution is 2.22. The Hall–Kier alpha value is -2.35. The monoisotopic (exact) mass is 234 g/mol. The van der Waals surface area contributed by atoms with Gasteiger partial charge in [0.25, 0.3) is 0 Å². The van der Waals surface area contributed by atoms with Crippen LogP contribution in [-0.2, 0) is 0 Å². The smallest absolute Gasteiger partial charge is 0.137 e. The molecule has 0 bridgehead atoms. The largest absolute Gasteiger partial charge is 0.338 e. The summed E-state index contributed by atoms with van der Waals surface area (Å²) in [5, 5.41) is 0. The Morgan fingerprint density at radius 3 is 2.44 bits per heavy atom. The second-order valence-corrected chi connectivity index (χ2v) is 4.38. The van der Waals surface area contributed by atoms with Crippen molar-refractivity contribution in [1.29, 1.82) is 0 Å². The second kappa shape index (κ2) is 4.49. The van der Waals surface area contributed by atoms with Crippen molar-refractivity contribution in [3.05, 3.63) is 66.4 Å². The fraction of sp³-hybridized carbons (Fsp3) is 0.0625. The molecule has 2 nitrogen and oxygen atoms in total. The molecule has 0 saturated heterocycles. The molecule has 88 valence electrons. The molecule has 0 radical (unpaired) electrons. The van der Waals surface area contributed by atoms with Gasteiger partial charge in [-0.3, -0.25) is 0 Å². The van der Waals surface area contributed by atoms with Gasteiger partial charge in [-0.15, -0.1) is 0 Å². The van der Waals surface area contributed by atoms with Crippen molar-refractivity contribution in [2.75, 3.05) is 0 Å². The maximum Gasteiger partial charge on any atom is 0.137 e. The molecule has 3 rings (SSSR count). The van der Waals surface area contributed by atoms with Crippen LogP contribution in [0.25, 0.3) is 22.6 Å². The van der Waals surface area contributed by atoms with E-state index < -0.39 is 0 Å². The highest BCUT2D eigenvalue weighted by molar-refractivity contribution is 5.64. The number of hydrogen-bond donors (Lipinski definition) is 1. The molecule has 1 heterocycles. The minimum Gasteiger partial charge on any atom is -0.338 e. The maximum atomic E-state index is 4.44. The number of H-pyrrole nitrogens is 1. The highest BCUT2D eigenvalue weighted by Gasteiger charge is 2.04. The molecule has 0 saturated carbocycles. The SMILES string of the molecule is Cc1cccc(-c2cnc(-c3ccccc3)[nH]2)c1. The summed E-state index contributed by atoms with van der Waals surface area (Å²) < 4.78 is 0. The molecule has 0 amide bonds. The Bertz CT molecular complexity index is 654. The standard InChI is InChI=1S/C16H14N2/c1-12-6-5-9-14(10-12)15-11-17-16(18-15)13-7-3-2-4-8-13/h2-11H,1H3,(H,17,18). The molecule has 0 spiro atoms. The topological polar surface area (TPSA) is 28.7 Å². The van der Waals surface area contributed by atoms with Gasteiger partial charge in [-0.1, -0.05) is 54.1 Å². The quantitative estimate of drug-likeness (QED) is 0.712. The molecule has 0 atom stereocenters. The zero-order valence-electron chi connectivity index (χ0n) is 10.2. The number of aromatic amines is 1. The summed E-state index contributed by atoms with van der Waals surface area (Å²) in [5.74, 6) is 0.909. The lowest BCUT2D eigenvalue weighted by molar-refractivity contribution is 1.31. The molecule has 0 fully saturated rings. The number of aromatic nitrogens is 2. The average molecular weight is 234 g/mol. The molecule has 18 heavy (non-hydrogen) atoms. The number of hydrogen-bond acceptors (Lipinski definition) is 1. The molecule has 2 heteroatoms. The lowest BCUT2D eigenvalue weighted by atomic mass is 10.1. The predicted molar refractivity (Wildman–Crippen MR) is 74.2 cm³/mol. The van der Waals surface area contributed by atoms with Crippen LogP contribution in [-0.4, -0.2) is 9.97 Å². The molecule has 1 N–H and O–H groups in total. The van der Waals surface area contributed by atoms with Gasteiger partial charge in [0, 0.05) is 5.56 Å². The Balaban J connectivity index is 2.00. The third-order valence-electron chi connectivity index (χ3n) is 2.95. The zero-order valence-corrected chi connectivity index (χ0v) is 10.2. The molecule has 0 aliphatic carbocycles. The van der Waals surface area contributed by atoms with Crippen LogP contribution in [0.4, 0.5) is 0 Å². The van der Waals surface area contributed by atoms with Crippen LogP contribution in [0.15, 0.2) is 60.8 Å². The normalized spacial score (nSPS) is 10.5. The number of aryl methyl sites for hydroxylation is 1. The van der Waals surface area contributed by atoms with E-state index in [9.17, 15) is 0 Å². The Kier molecular flexibility index (Phi) is 2.69. The molecule has 2 aromatic carbocycles. The molecular formula is C16H14N2. The van der Waals surface area contributed by atoms with Gasteiger partial charge in [0.2, 0.25) is 0 Å². The van der Waals surface area contributed by atoms with Crippen molar-refractivity contribution in [2.24, 2.45) is 0 Å². The third-order valence-corrected chi connectivity index (χ3v) is 2.95. The summed E-state index contributed by atoms with van der Waals surface area (Å²) in [4.78, 5) is 7.80. The van der Waals surface area contributed by atoms with Crippen molar-refractivity contribution in [1.82, 2.24) is 9.97 Å². The van der Waals surface area contributed by atoms with E-state index in [-0.39, 0.29) is 0 Å². The van der Waals surface area contributed by atoms with Gasteiger partial charge in [-0.2, -0.15) is 0 Å². The van der Waals surface area contributed by atoms with Gasteiger partial charge in [0.05, 0.1) is 11.9 Å². The van der Waals surface area contributed by atoms with E-state index in [0.717, 1.165) is 17.1 Å². The number of benzene rings is 2. The molecule has 0 aliphatic heterocycles. The van der Waals surface area contributed by atoms with Crippen molar-refractivity contribution in [2.45, 2.75) is 6.92 Å². The van der Waals surface area contributed by atoms with E-state index in [4.69, 9.17) is 0 Å². The Labute approximate surface area is 106 Å². The van der Waals surface area contributed by atoms with Crippen molar-refractivity contribution < 1.29 is 0 Å². The van der Waals surface area contributed by atoms with E-state index in [1.54, 1.807) is 0 Å². The maximum absolute atomic E-state index is 4.44. The summed E-state index contributed by atoms with van der Waals surface area (Å²) in [6.45, 7) is 2.10. The van der Waals surface area contributed by atoms with Crippen molar-refractivity contribution in [3.63, 3.8) is 0 Å². The minimum absolute atomic E-state index is 0.909. The fourth-order valence-corrected chi connectivity index (χ4v) is 2.02. The second-order valence-electron chi connectivity index (χ2n) is 4.38. The van der Waals surface area contributed by atoms with Crippen molar-refractivity contribution >= 4 is 0 Å². The van der Waals surface area contributed by atoms with Crippen molar-refractivity contribution in [3.8, 4) is 22.6 Å².